The van der Waals surface area contributed by atoms with Gasteiger partial charge in [-0.3, -0.25) is 14.4 Å². The minimum absolute atomic E-state index is 0.0367. The van der Waals surface area contributed by atoms with E-state index in [0.717, 1.165) is 9.47 Å². The van der Waals surface area contributed by atoms with E-state index in [-0.39, 0.29) is 48.8 Å². The number of methoxy groups -OCH3 is 3. The number of rotatable bonds is 9. The molecule has 0 spiro atoms. The molecule has 2 aliphatic heterocycles. The number of aromatic hydroxyl groups is 1. The summed E-state index contributed by atoms with van der Waals surface area (Å²) in [6.07, 6.45) is 1.72. The number of carbonyl (C=O) groups is 2. The molecular formula is C44H39ClN6O9. The number of imide groups is 1. The molecule has 1 saturated carbocycles. The van der Waals surface area contributed by atoms with E-state index in [9.17, 15) is 24.3 Å². The molecule has 60 heavy (non-hydrogen) atoms. The third kappa shape index (κ3) is 5.48. The van der Waals surface area contributed by atoms with Gasteiger partial charge in [-0.1, -0.05) is 66.2 Å². The van der Waals surface area contributed by atoms with Crippen molar-refractivity contribution in [3.05, 3.63) is 150 Å². The number of hydrogen-bond donors (Lipinski definition) is 1. The van der Waals surface area contributed by atoms with E-state index < -0.39 is 52.0 Å². The molecule has 4 heterocycles. The van der Waals surface area contributed by atoms with E-state index in [1.165, 1.54) is 35.3 Å². The molecule has 4 atom stereocenters. The third-order valence-electron chi connectivity index (χ3n) is 12.3. The predicted molar refractivity (Wildman–Crippen MR) is 221 cm³/mol. The highest BCUT2D eigenvalue weighted by molar-refractivity contribution is 6.32. The zero-order chi connectivity index (χ0) is 42.2. The number of amides is 2. The molecule has 1 saturated heterocycles. The normalized spacial score (nSPS) is 20.7. The summed E-state index contributed by atoms with van der Waals surface area (Å²) in [6.45, 7) is -0.230. The Morgan fingerprint density at radius 2 is 1.57 bits per heavy atom. The summed E-state index contributed by atoms with van der Waals surface area (Å²) in [4.78, 5) is 78.6. The molecule has 6 aromatic rings. The lowest BCUT2D eigenvalue weighted by Crippen LogP contribution is -2.53. The maximum atomic E-state index is 15.4. The first-order chi connectivity index (χ1) is 29.0. The number of ether oxygens (including phenoxy) is 3. The van der Waals surface area contributed by atoms with Crippen molar-refractivity contribution >= 4 is 40.1 Å². The van der Waals surface area contributed by atoms with Gasteiger partial charge in [-0.2, -0.15) is 0 Å². The second kappa shape index (κ2) is 14.4. The fraction of sp³-hybridized carbons (Fsp3) is 0.273. The average molecular weight is 831 g/mol. The number of anilines is 1. The van der Waals surface area contributed by atoms with Crippen molar-refractivity contribution in [1.82, 2.24) is 23.5 Å². The predicted octanol–water partition coefficient (Wildman–Crippen LogP) is 4.48. The molecule has 2 amide bonds. The van der Waals surface area contributed by atoms with Crippen LogP contribution < -0.4 is 36.0 Å². The minimum Gasteiger partial charge on any atom is -0.504 e. The zero-order valence-corrected chi connectivity index (χ0v) is 33.8. The first kappa shape index (κ1) is 38.6. The Bertz CT molecular complexity index is 2990. The summed E-state index contributed by atoms with van der Waals surface area (Å²) >= 11 is 6.41. The van der Waals surface area contributed by atoms with Gasteiger partial charge in [-0.05, 0) is 41.8 Å². The van der Waals surface area contributed by atoms with Crippen LogP contribution in [0.3, 0.4) is 0 Å². The molecular weight excluding hydrogens is 792 g/mol. The number of phenols is 1. The fourth-order valence-electron chi connectivity index (χ4n) is 9.62. The Morgan fingerprint density at radius 3 is 2.28 bits per heavy atom. The van der Waals surface area contributed by atoms with E-state index in [1.807, 2.05) is 12.1 Å². The number of aromatic nitrogens is 5. The number of halogens is 1. The van der Waals surface area contributed by atoms with Crippen LogP contribution in [0.1, 0.15) is 35.2 Å². The Kier molecular flexibility index (Phi) is 9.30. The maximum absolute atomic E-state index is 15.4. The number of benzene rings is 4. The summed E-state index contributed by atoms with van der Waals surface area (Å²) in [6, 6.07) is 22.8. The summed E-state index contributed by atoms with van der Waals surface area (Å²) < 4.78 is 21.5. The molecule has 3 aliphatic rings. The highest BCUT2D eigenvalue weighted by Crippen LogP contribution is 2.63. The summed E-state index contributed by atoms with van der Waals surface area (Å²) in [5.74, 6) is -2.36. The van der Waals surface area contributed by atoms with Gasteiger partial charge < -0.3 is 23.9 Å². The second-order valence-corrected chi connectivity index (χ2v) is 15.5. The summed E-state index contributed by atoms with van der Waals surface area (Å²) in [7, 11) is 6.01. The van der Waals surface area contributed by atoms with Gasteiger partial charge in [0, 0.05) is 48.6 Å². The van der Waals surface area contributed by atoms with Gasteiger partial charge in [0.2, 0.25) is 11.8 Å². The summed E-state index contributed by atoms with van der Waals surface area (Å²) in [5, 5.41) is 12.2. The standard InChI is InChI=1S/C44H39ClN6O9/c1-47-33-23-36(60-4)35(59-3)22-31(33)46-30(40(47)54)17-18-48-42(56)49-19-16-27-32(51(49)43(48)57)21-29-39(53)50(26-13-8-12-25(45)20-26)41(55)44(29,24-10-6-5-7-11-24)37(27)28-14-9-15-34(58-2)38(28)52/h5-16,20,22-23,29,32,37,52H,17-19,21H2,1-4H3/t29-,32+,37+,44+/m0/s1. The van der Waals surface area contributed by atoms with Gasteiger partial charge >= 0.3 is 11.4 Å². The van der Waals surface area contributed by atoms with Gasteiger partial charge in [0.25, 0.3) is 5.56 Å². The quantitative estimate of drug-likeness (QED) is 0.162. The number of hydrogen-bond acceptors (Lipinski definition) is 10. The second-order valence-electron chi connectivity index (χ2n) is 15.0. The lowest BCUT2D eigenvalue weighted by molar-refractivity contribution is -0.124. The summed E-state index contributed by atoms with van der Waals surface area (Å²) in [5.41, 5.74) is -0.513. The monoisotopic (exact) mass is 830 g/mol. The number of aryl methyl sites for hydroxylation is 2. The van der Waals surface area contributed by atoms with Crippen LogP contribution >= 0.6 is 11.6 Å². The van der Waals surface area contributed by atoms with Crippen LogP contribution in [0.25, 0.3) is 11.0 Å². The topological polar surface area (TPSA) is 169 Å². The molecule has 0 bridgehead atoms. The number of carbonyl (C=O) groups excluding carboxylic acids is 2. The first-order valence-corrected chi connectivity index (χ1v) is 19.6. The van der Waals surface area contributed by atoms with Crippen LogP contribution in [0.5, 0.6) is 23.0 Å². The minimum atomic E-state index is -1.62. The molecule has 306 valence electrons. The molecule has 1 N–H and O–H groups in total. The Balaban J connectivity index is 1.19. The number of phenolic OH excluding ortho intramolecular Hbond substituents is 1. The van der Waals surface area contributed by atoms with E-state index in [1.54, 1.807) is 85.9 Å². The molecule has 0 unspecified atom stereocenters. The van der Waals surface area contributed by atoms with Crippen LogP contribution in [0.2, 0.25) is 5.02 Å². The van der Waals surface area contributed by atoms with Crippen LogP contribution in [0, 0.1) is 5.92 Å². The zero-order valence-electron chi connectivity index (χ0n) is 33.0. The van der Waals surface area contributed by atoms with E-state index >= 15 is 4.79 Å². The molecule has 1 aliphatic carbocycles. The molecule has 2 aromatic heterocycles. The smallest absolute Gasteiger partial charge is 0.347 e. The first-order valence-electron chi connectivity index (χ1n) is 19.2. The molecule has 15 nitrogen and oxygen atoms in total. The number of allylic oxidation sites excluding steroid dienone is 2. The molecule has 4 aromatic carbocycles. The Hall–Kier alpha value is -6.87. The van der Waals surface area contributed by atoms with Gasteiger partial charge in [0.15, 0.2) is 23.0 Å². The van der Waals surface area contributed by atoms with Crippen molar-refractivity contribution < 1.29 is 28.9 Å². The van der Waals surface area contributed by atoms with Crippen LogP contribution in [-0.2, 0) is 41.6 Å². The Morgan fingerprint density at radius 1 is 0.850 bits per heavy atom. The largest absolute Gasteiger partial charge is 0.504 e. The van der Waals surface area contributed by atoms with Gasteiger partial charge in [-0.25, -0.2) is 33.4 Å². The number of fused-ring (bicyclic) bond motifs is 5. The lowest BCUT2D eigenvalue weighted by atomic mass is 9.53. The van der Waals surface area contributed by atoms with Gasteiger partial charge in [-0.15, -0.1) is 0 Å². The van der Waals surface area contributed by atoms with Crippen LogP contribution in [0.15, 0.2) is 111 Å². The SMILES string of the molecule is COc1cc2nc(CCn3c(=O)n4n(c3=O)[C@@H]3C[C@H]5C(=O)N(c6cccc(Cl)c6)C(=O)[C@@]5(c5ccccc5)[C@@H](c5cccc(OC)c5O)C3=CC4)c(=O)n(C)c2cc1OC. The van der Waals surface area contributed by atoms with Gasteiger partial charge in [0.1, 0.15) is 5.69 Å². The molecule has 0 radical (unpaired) electrons. The van der Waals surface area contributed by atoms with Crippen molar-refractivity contribution in [3.63, 3.8) is 0 Å². The highest BCUT2D eigenvalue weighted by atomic mass is 35.5. The third-order valence-corrected chi connectivity index (χ3v) is 12.5. The molecule has 2 fully saturated rings. The molecule has 9 rings (SSSR count). The van der Waals surface area contributed by atoms with Gasteiger partial charge in [0.05, 0.1) is 62.0 Å². The van der Waals surface area contributed by atoms with E-state index in [2.05, 4.69) is 4.98 Å². The van der Waals surface area contributed by atoms with Crippen LogP contribution in [-0.4, -0.2) is 61.7 Å². The number of para-hydroxylation sites is 1. The lowest BCUT2D eigenvalue weighted by Gasteiger charge is -2.49. The Labute approximate surface area is 346 Å². The van der Waals surface area contributed by atoms with Crippen LogP contribution in [0.4, 0.5) is 5.69 Å². The average Bonchev–Trinajstić information content (AvgIpc) is 3.64. The maximum Gasteiger partial charge on any atom is 0.347 e. The van der Waals surface area contributed by atoms with E-state index in [0.29, 0.717) is 44.3 Å². The van der Waals surface area contributed by atoms with Crippen molar-refractivity contribution in [3.8, 4) is 23.0 Å². The number of nitrogens with zero attached hydrogens (tertiary/aromatic N) is 6. The van der Waals surface area contributed by atoms with Crippen molar-refractivity contribution in [2.24, 2.45) is 13.0 Å². The highest BCUT2D eigenvalue weighted by Gasteiger charge is 2.69. The van der Waals surface area contributed by atoms with Crippen molar-refractivity contribution in [2.45, 2.75) is 43.3 Å². The molecule has 16 heteroatoms. The van der Waals surface area contributed by atoms with Crippen molar-refractivity contribution in [1.29, 1.82) is 0 Å². The van der Waals surface area contributed by atoms with E-state index in [4.69, 9.17) is 25.8 Å². The van der Waals surface area contributed by atoms with Crippen molar-refractivity contribution in [2.75, 3.05) is 26.2 Å². The fourth-order valence-corrected chi connectivity index (χ4v) is 9.80.